The van der Waals surface area contributed by atoms with Crippen LogP contribution in [0.3, 0.4) is 0 Å². The van der Waals surface area contributed by atoms with Gasteiger partial charge in [-0.25, -0.2) is 4.79 Å². The summed E-state index contributed by atoms with van der Waals surface area (Å²) in [6.07, 6.45) is 2.18. The Morgan fingerprint density at radius 3 is 2.89 bits per heavy atom. The van der Waals surface area contributed by atoms with E-state index in [1.807, 2.05) is 19.9 Å². The third-order valence-corrected chi connectivity index (χ3v) is 3.97. The van der Waals surface area contributed by atoms with Gasteiger partial charge in [0.05, 0.1) is 17.9 Å². The molecule has 1 heterocycles. The fourth-order valence-electron chi connectivity index (χ4n) is 2.58. The molecule has 1 aliphatic rings. The molecule has 0 aromatic carbocycles. The van der Waals surface area contributed by atoms with Gasteiger partial charge >= 0.3 is 5.97 Å². The van der Waals surface area contributed by atoms with Crippen LogP contribution in [0, 0.1) is 12.8 Å². The first-order chi connectivity index (χ1) is 8.54. The fraction of sp³-hybridized carbons (Fsp3) is 0.600. The molecule has 0 amide bonds. The van der Waals surface area contributed by atoms with Crippen molar-refractivity contribution < 1.29 is 9.53 Å². The second-order valence-electron chi connectivity index (χ2n) is 5.19. The van der Waals surface area contributed by atoms with Gasteiger partial charge in [0.25, 0.3) is 0 Å². The van der Waals surface area contributed by atoms with Crippen LogP contribution >= 0.6 is 0 Å². The topological polar surface area (TPSA) is 39.2 Å². The summed E-state index contributed by atoms with van der Waals surface area (Å²) in [7, 11) is 0. The van der Waals surface area contributed by atoms with E-state index in [1.54, 1.807) is 0 Å². The monoisotopic (exact) mass is 247 g/mol. The lowest BCUT2D eigenvalue weighted by atomic mass is 9.79. The summed E-state index contributed by atoms with van der Waals surface area (Å²) >= 11 is 0. The molecule has 18 heavy (non-hydrogen) atoms. The molecule has 0 aliphatic heterocycles. The molecule has 1 aromatic rings. The molecule has 0 saturated carbocycles. The predicted octanol–water partition coefficient (Wildman–Crippen LogP) is 3.25. The number of rotatable bonds is 2. The molecule has 0 N–H and O–H groups in total. The van der Waals surface area contributed by atoms with Crippen molar-refractivity contribution in [3.8, 4) is 0 Å². The summed E-state index contributed by atoms with van der Waals surface area (Å²) in [5, 5.41) is 0. The maximum atomic E-state index is 11.8. The van der Waals surface area contributed by atoms with Crippen molar-refractivity contribution in [2.75, 3.05) is 6.61 Å². The Labute approximate surface area is 109 Å². The lowest BCUT2D eigenvalue weighted by Crippen LogP contribution is -2.20. The molecule has 0 fully saturated rings. The summed E-state index contributed by atoms with van der Waals surface area (Å²) < 4.78 is 5.07. The zero-order valence-electron chi connectivity index (χ0n) is 11.6. The number of ether oxygens (including phenoxy) is 1. The number of aryl methyl sites for hydroxylation is 2. The van der Waals surface area contributed by atoms with Crippen molar-refractivity contribution in [2.24, 2.45) is 5.92 Å². The molecule has 3 nitrogen and oxygen atoms in total. The van der Waals surface area contributed by atoms with Crippen LogP contribution in [0.2, 0.25) is 0 Å². The Hall–Kier alpha value is -1.38. The highest BCUT2D eigenvalue weighted by Gasteiger charge is 2.26. The summed E-state index contributed by atoms with van der Waals surface area (Å²) in [4.78, 5) is 16.5. The minimum absolute atomic E-state index is 0.253. The van der Waals surface area contributed by atoms with Crippen LogP contribution in [0.25, 0.3) is 0 Å². The Morgan fingerprint density at radius 2 is 2.22 bits per heavy atom. The van der Waals surface area contributed by atoms with Gasteiger partial charge in [-0.15, -0.1) is 0 Å². The van der Waals surface area contributed by atoms with Crippen LogP contribution in [0.5, 0.6) is 0 Å². The normalized spacial score (nSPS) is 22.4. The number of carbonyl (C=O) groups is 1. The summed E-state index contributed by atoms with van der Waals surface area (Å²) in [6, 6.07) is 1.98. The van der Waals surface area contributed by atoms with Gasteiger partial charge < -0.3 is 4.74 Å². The smallest absolute Gasteiger partial charge is 0.339 e. The van der Waals surface area contributed by atoms with Crippen molar-refractivity contribution in [1.82, 2.24) is 4.98 Å². The van der Waals surface area contributed by atoms with E-state index in [0.29, 0.717) is 24.0 Å². The highest BCUT2D eigenvalue weighted by Crippen LogP contribution is 2.35. The molecule has 0 spiro atoms. The molecular weight excluding hydrogens is 226 g/mol. The summed E-state index contributed by atoms with van der Waals surface area (Å²) in [5.74, 6) is 0.887. The van der Waals surface area contributed by atoms with Crippen LogP contribution in [0.1, 0.15) is 60.4 Å². The van der Waals surface area contributed by atoms with Crippen molar-refractivity contribution in [2.45, 2.75) is 46.5 Å². The molecule has 0 radical (unpaired) electrons. The third kappa shape index (κ3) is 2.26. The molecular formula is C15H21NO2. The van der Waals surface area contributed by atoms with Crippen LogP contribution < -0.4 is 0 Å². The molecule has 0 bridgehead atoms. The number of pyridine rings is 1. The number of hydrogen-bond acceptors (Lipinski definition) is 3. The first-order valence-electron chi connectivity index (χ1n) is 6.72. The molecule has 0 saturated heterocycles. The van der Waals surface area contributed by atoms with Crippen molar-refractivity contribution in [3.63, 3.8) is 0 Å². The first kappa shape index (κ1) is 13.1. The average Bonchev–Trinajstić information content (AvgIpc) is 2.34. The third-order valence-electron chi connectivity index (χ3n) is 3.97. The number of fused-ring (bicyclic) bond motifs is 1. The number of carbonyl (C=O) groups excluding carboxylic acids is 1. The van der Waals surface area contributed by atoms with Crippen LogP contribution in [-0.2, 0) is 11.2 Å². The Kier molecular flexibility index (Phi) is 3.69. The maximum absolute atomic E-state index is 11.8. The molecule has 2 rings (SSSR count). The van der Waals surface area contributed by atoms with Gasteiger partial charge in [0, 0.05) is 11.6 Å². The quantitative estimate of drug-likeness (QED) is 0.753. The Bertz CT molecular complexity index is 468. The van der Waals surface area contributed by atoms with Gasteiger partial charge in [-0.05, 0) is 44.2 Å². The van der Waals surface area contributed by atoms with E-state index in [1.165, 1.54) is 17.7 Å². The molecule has 98 valence electrons. The zero-order valence-corrected chi connectivity index (χ0v) is 11.6. The minimum atomic E-state index is -0.253. The standard InChI is InChI=1S/C15H21NO2/c1-5-18-15(17)13-8-12-7-6-9(2)10(3)14(12)16-11(13)4/h8-10H,5-7H2,1-4H3. The van der Waals surface area contributed by atoms with Crippen molar-refractivity contribution >= 4 is 5.97 Å². The molecule has 2 unspecified atom stereocenters. The highest BCUT2D eigenvalue weighted by molar-refractivity contribution is 5.90. The number of hydrogen-bond donors (Lipinski definition) is 0. The van der Waals surface area contributed by atoms with E-state index in [9.17, 15) is 4.79 Å². The van der Waals surface area contributed by atoms with Crippen LogP contribution in [-0.4, -0.2) is 17.6 Å². The lowest BCUT2D eigenvalue weighted by molar-refractivity contribution is 0.0524. The van der Waals surface area contributed by atoms with E-state index >= 15 is 0 Å². The second-order valence-corrected chi connectivity index (χ2v) is 5.19. The summed E-state index contributed by atoms with van der Waals surface area (Å²) in [5.41, 5.74) is 3.79. The highest BCUT2D eigenvalue weighted by atomic mass is 16.5. The van der Waals surface area contributed by atoms with Crippen LogP contribution in [0.15, 0.2) is 6.07 Å². The van der Waals surface area contributed by atoms with Gasteiger partial charge in [-0.2, -0.15) is 0 Å². The molecule has 1 aliphatic carbocycles. The number of aromatic nitrogens is 1. The van der Waals surface area contributed by atoms with E-state index in [4.69, 9.17) is 4.74 Å². The van der Waals surface area contributed by atoms with E-state index in [2.05, 4.69) is 18.8 Å². The Balaban J connectivity index is 2.40. The van der Waals surface area contributed by atoms with Crippen molar-refractivity contribution in [3.05, 3.63) is 28.6 Å². The first-order valence-corrected chi connectivity index (χ1v) is 6.72. The lowest BCUT2D eigenvalue weighted by Gasteiger charge is -2.28. The largest absolute Gasteiger partial charge is 0.462 e. The molecule has 1 aromatic heterocycles. The SMILES string of the molecule is CCOC(=O)c1cc2c(nc1C)C(C)C(C)CC2. The van der Waals surface area contributed by atoms with Crippen LogP contribution in [0.4, 0.5) is 0 Å². The average molecular weight is 247 g/mol. The van der Waals surface area contributed by atoms with Crippen molar-refractivity contribution in [1.29, 1.82) is 0 Å². The maximum Gasteiger partial charge on any atom is 0.339 e. The molecule has 3 heteroatoms. The van der Waals surface area contributed by atoms with Gasteiger partial charge in [0.1, 0.15) is 0 Å². The van der Waals surface area contributed by atoms with E-state index < -0.39 is 0 Å². The second kappa shape index (κ2) is 5.09. The van der Waals surface area contributed by atoms with E-state index in [-0.39, 0.29) is 5.97 Å². The minimum Gasteiger partial charge on any atom is -0.462 e. The number of nitrogens with zero attached hydrogens (tertiary/aromatic N) is 1. The van der Waals surface area contributed by atoms with E-state index in [0.717, 1.165) is 12.1 Å². The molecule has 2 atom stereocenters. The van der Waals surface area contributed by atoms with Gasteiger partial charge in [0.15, 0.2) is 0 Å². The van der Waals surface area contributed by atoms with Gasteiger partial charge in [-0.1, -0.05) is 13.8 Å². The van der Waals surface area contributed by atoms with Gasteiger partial charge in [-0.3, -0.25) is 4.98 Å². The summed E-state index contributed by atoms with van der Waals surface area (Å²) in [6.45, 7) is 8.60. The van der Waals surface area contributed by atoms with Gasteiger partial charge in [0.2, 0.25) is 0 Å². The zero-order chi connectivity index (χ0) is 13.3. The number of esters is 1. The fourth-order valence-corrected chi connectivity index (χ4v) is 2.58. The Morgan fingerprint density at radius 1 is 1.50 bits per heavy atom. The predicted molar refractivity (Wildman–Crippen MR) is 70.8 cm³/mol.